The van der Waals surface area contributed by atoms with Gasteiger partial charge < -0.3 is 9.80 Å². The second-order valence-electron chi connectivity index (χ2n) is 5.59. The Bertz CT molecular complexity index is 751. The topological polar surface area (TPSA) is 53.5 Å². The molecule has 1 saturated heterocycles. The van der Waals surface area contributed by atoms with Crippen molar-refractivity contribution in [1.82, 2.24) is 9.88 Å². The van der Waals surface area contributed by atoms with Gasteiger partial charge in [-0.2, -0.15) is 0 Å². The van der Waals surface area contributed by atoms with Gasteiger partial charge in [0, 0.05) is 30.5 Å². The Balaban J connectivity index is 1.82. The van der Waals surface area contributed by atoms with Crippen LogP contribution in [0.15, 0.2) is 48.7 Å². The van der Waals surface area contributed by atoms with Crippen LogP contribution in [0.4, 0.5) is 5.69 Å². The van der Waals surface area contributed by atoms with E-state index in [2.05, 4.69) is 4.98 Å². The van der Waals surface area contributed by atoms with Crippen LogP contribution in [0.1, 0.15) is 23.7 Å². The summed E-state index contributed by atoms with van der Waals surface area (Å²) in [6, 6.07) is 12.2. The maximum atomic E-state index is 12.8. The van der Waals surface area contributed by atoms with Crippen LogP contribution in [0.2, 0.25) is 5.15 Å². The summed E-state index contributed by atoms with van der Waals surface area (Å²) in [7, 11) is 0. The van der Waals surface area contributed by atoms with Crippen LogP contribution in [0.3, 0.4) is 0 Å². The number of hydrogen-bond donors (Lipinski definition) is 0. The lowest BCUT2D eigenvalue weighted by Gasteiger charge is -2.27. The van der Waals surface area contributed by atoms with Gasteiger partial charge in [-0.15, -0.1) is 0 Å². The van der Waals surface area contributed by atoms with Gasteiger partial charge in [0.1, 0.15) is 11.2 Å². The number of nitrogens with zero attached hydrogens (tertiary/aromatic N) is 3. The van der Waals surface area contributed by atoms with Crippen molar-refractivity contribution in [3.8, 4) is 0 Å². The Kier molecular flexibility index (Phi) is 4.81. The number of pyridine rings is 1. The first-order valence-electron chi connectivity index (χ1n) is 7.90. The van der Waals surface area contributed by atoms with E-state index in [-0.39, 0.29) is 17.0 Å². The van der Waals surface area contributed by atoms with Crippen LogP contribution >= 0.6 is 11.6 Å². The van der Waals surface area contributed by atoms with Gasteiger partial charge in [-0.1, -0.05) is 29.8 Å². The number of amides is 2. The molecule has 3 rings (SSSR count). The summed E-state index contributed by atoms with van der Waals surface area (Å²) >= 11 is 5.87. The lowest BCUT2D eigenvalue weighted by molar-refractivity contribution is -0.120. The summed E-state index contributed by atoms with van der Waals surface area (Å²) in [5.41, 5.74) is 1.31. The molecule has 0 radical (unpaired) electrons. The highest BCUT2D eigenvalue weighted by molar-refractivity contribution is 6.29. The van der Waals surface area contributed by atoms with Gasteiger partial charge in [-0.25, -0.2) is 4.98 Å². The molecule has 2 heterocycles. The summed E-state index contributed by atoms with van der Waals surface area (Å²) in [4.78, 5) is 32.8. The van der Waals surface area contributed by atoms with E-state index in [4.69, 9.17) is 11.6 Å². The fourth-order valence-electron chi connectivity index (χ4n) is 3.03. The van der Waals surface area contributed by atoms with E-state index >= 15 is 0 Å². The minimum absolute atomic E-state index is 0.0449. The van der Waals surface area contributed by atoms with E-state index in [1.807, 2.05) is 37.3 Å². The van der Waals surface area contributed by atoms with Crippen LogP contribution in [-0.4, -0.2) is 40.8 Å². The van der Waals surface area contributed by atoms with Gasteiger partial charge in [-0.05, 0) is 37.6 Å². The molecule has 1 aromatic heterocycles. The van der Waals surface area contributed by atoms with Crippen LogP contribution in [0.5, 0.6) is 0 Å². The Labute approximate surface area is 145 Å². The van der Waals surface area contributed by atoms with Crippen molar-refractivity contribution in [2.75, 3.05) is 18.0 Å². The van der Waals surface area contributed by atoms with Gasteiger partial charge in [0.2, 0.25) is 5.91 Å². The monoisotopic (exact) mass is 343 g/mol. The van der Waals surface area contributed by atoms with Crippen molar-refractivity contribution in [1.29, 1.82) is 0 Å². The van der Waals surface area contributed by atoms with Crippen molar-refractivity contribution in [3.63, 3.8) is 0 Å². The van der Waals surface area contributed by atoms with Crippen molar-refractivity contribution in [2.24, 2.45) is 0 Å². The van der Waals surface area contributed by atoms with Crippen molar-refractivity contribution in [2.45, 2.75) is 19.4 Å². The molecule has 5 nitrogen and oxygen atoms in total. The smallest absolute Gasteiger partial charge is 0.254 e. The third-order valence-corrected chi connectivity index (χ3v) is 4.40. The molecule has 0 saturated carbocycles. The molecule has 1 aromatic carbocycles. The van der Waals surface area contributed by atoms with Crippen LogP contribution in [0, 0.1) is 0 Å². The fraction of sp³-hybridized carbons (Fsp3) is 0.278. The van der Waals surface area contributed by atoms with Crippen molar-refractivity contribution < 1.29 is 9.59 Å². The number of likely N-dealkylation sites (N-methyl/N-ethyl adjacent to an activating group) is 1. The van der Waals surface area contributed by atoms with Crippen molar-refractivity contribution in [3.05, 3.63) is 59.4 Å². The summed E-state index contributed by atoms with van der Waals surface area (Å²) in [5.74, 6) is -0.244. The molecule has 1 fully saturated rings. The zero-order valence-corrected chi connectivity index (χ0v) is 14.1. The van der Waals surface area contributed by atoms with E-state index in [1.165, 1.54) is 12.3 Å². The number of para-hydroxylation sites is 1. The highest BCUT2D eigenvalue weighted by Gasteiger charge is 2.38. The lowest BCUT2D eigenvalue weighted by Crippen LogP contribution is -2.45. The second-order valence-corrected chi connectivity index (χ2v) is 5.98. The van der Waals surface area contributed by atoms with Crippen LogP contribution < -0.4 is 4.90 Å². The quantitative estimate of drug-likeness (QED) is 0.802. The van der Waals surface area contributed by atoms with Crippen LogP contribution in [0.25, 0.3) is 0 Å². The first-order chi connectivity index (χ1) is 11.6. The highest BCUT2D eigenvalue weighted by Crippen LogP contribution is 2.25. The van der Waals surface area contributed by atoms with E-state index in [0.29, 0.717) is 25.1 Å². The fourth-order valence-corrected chi connectivity index (χ4v) is 3.20. The Hall–Kier alpha value is -2.40. The molecule has 0 aliphatic carbocycles. The number of hydrogen-bond acceptors (Lipinski definition) is 3. The number of benzene rings is 1. The third kappa shape index (κ3) is 3.12. The van der Waals surface area contributed by atoms with Gasteiger partial charge in [0.25, 0.3) is 5.91 Å². The number of halogens is 1. The average Bonchev–Trinajstić information content (AvgIpc) is 2.98. The molecular weight excluding hydrogens is 326 g/mol. The minimum atomic E-state index is -0.449. The summed E-state index contributed by atoms with van der Waals surface area (Å²) in [5, 5.41) is 0.264. The number of anilines is 1. The molecule has 1 atom stereocenters. The van der Waals surface area contributed by atoms with Crippen LogP contribution in [-0.2, 0) is 4.79 Å². The minimum Gasteiger partial charge on any atom is -0.327 e. The first-order valence-corrected chi connectivity index (χ1v) is 8.28. The summed E-state index contributed by atoms with van der Waals surface area (Å²) in [6.07, 6.45) is 2.11. The maximum absolute atomic E-state index is 12.8. The normalized spacial score (nSPS) is 17.2. The Morgan fingerprint density at radius 2 is 2.08 bits per heavy atom. The highest BCUT2D eigenvalue weighted by atomic mass is 35.5. The van der Waals surface area contributed by atoms with Gasteiger partial charge in [0.15, 0.2) is 0 Å². The molecule has 24 heavy (non-hydrogen) atoms. The van der Waals surface area contributed by atoms with Crippen molar-refractivity contribution >= 4 is 29.1 Å². The second kappa shape index (κ2) is 7.01. The van der Waals surface area contributed by atoms with E-state index < -0.39 is 6.04 Å². The molecule has 0 unspecified atom stereocenters. The summed E-state index contributed by atoms with van der Waals surface area (Å²) < 4.78 is 0. The Morgan fingerprint density at radius 1 is 1.33 bits per heavy atom. The molecule has 2 amide bonds. The molecule has 1 aliphatic rings. The predicted molar refractivity (Wildman–Crippen MR) is 93.2 cm³/mol. The molecule has 0 bridgehead atoms. The predicted octanol–water partition coefficient (Wildman–Crippen LogP) is 3.00. The molecule has 0 N–H and O–H groups in total. The Morgan fingerprint density at radius 3 is 2.75 bits per heavy atom. The number of rotatable bonds is 4. The first kappa shape index (κ1) is 16.5. The van der Waals surface area contributed by atoms with E-state index in [0.717, 1.165) is 5.69 Å². The molecule has 1 aliphatic heterocycles. The largest absolute Gasteiger partial charge is 0.327 e. The lowest BCUT2D eigenvalue weighted by atomic mass is 10.1. The molecule has 124 valence electrons. The number of aromatic nitrogens is 1. The zero-order chi connectivity index (χ0) is 17.1. The maximum Gasteiger partial charge on any atom is 0.254 e. The zero-order valence-electron chi connectivity index (χ0n) is 13.4. The summed E-state index contributed by atoms with van der Waals surface area (Å²) in [6.45, 7) is 2.94. The van der Waals surface area contributed by atoms with Gasteiger partial charge >= 0.3 is 0 Å². The number of carbonyl (C=O) groups is 2. The standard InChI is InChI=1S/C18H18ClN3O2/c1-2-21(17(23)13-8-10-20-16(19)12-13)15-9-11-22(18(15)24)14-6-4-3-5-7-14/h3-8,10,12,15H,2,9,11H2,1H3/t15-/m0/s1. The van der Waals surface area contributed by atoms with Gasteiger partial charge in [0.05, 0.1) is 0 Å². The average molecular weight is 344 g/mol. The molecular formula is C18H18ClN3O2. The van der Waals surface area contributed by atoms with E-state index in [9.17, 15) is 9.59 Å². The third-order valence-electron chi connectivity index (χ3n) is 4.20. The van der Waals surface area contributed by atoms with E-state index in [1.54, 1.807) is 15.9 Å². The molecule has 2 aromatic rings. The SMILES string of the molecule is CCN(C(=O)c1ccnc(Cl)c1)[C@H]1CCN(c2ccccc2)C1=O. The van der Waals surface area contributed by atoms with Gasteiger partial charge in [-0.3, -0.25) is 9.59 Å². The molecule has 0 spiro atoms. The molecule has 6 heteroatoms. The number of carbonyl (C=O) groups excluding carboxylic acids is 2.